The molecule has 2 rings (SSSR count). The van der Waals surface area contributed by atoms with E-state index in [1.54, 1.807) is 24.3 Å². The molecule has 0 aliphatic carbocycles. The van der Waals surface area contributed by atoms with Crippen LogP contribution in [-0.2, 0) is 16.4 Å². The first-order valence-corrected chi connectivity index (χ1v) is 8.77. The number of nitrogens with one attached hydrogen (secondary N) is 1. The van der Waals surface area contributed by atoms with Crippen molar-refractivity contribution < 1.29 is 13.2 Å². The summed E-state index contributed by atoms with van der Waals surface area (Å²) in [6.45, 7) is 4.52. The van der Waals surface area contributed by atoms with Gasteiger partial charge in [0.25, 0.3) is 0 Å². The van der Waals surface area contributed by atoms with Crippen molar-refractivity contribution in [1.29, 1.82) is 0 Å². The van der Waals surface area contributed by atoms with E-state index in [1.807, 2.05) is 31.2 Å². The summed E-state index contributed by atoms with van der Waals surface area (Å²) in [7, 11) is -3.47. The van der Waals surface area contributed by atoms with Crippen molar-refractivity contribution in [2.75, 3.05) is 13.2 Å². The molecule has 2 aromatic carbocycles. The van der Waals surface area contributed by atoms with Crippen LogP contribution in [0.5, 0.6) is 5.75 Å². The predicted molar refractivity (Wildman–Crippen MR) is 87.7 cm³/mol. The zero-order chi connectivity index (χ0) is 16.0. The Morgan fingerprint density at radius 3 is 2.50 bits per heavy atom. The van der Waals surface area contributed by atoms with E-state index < -0.39 is 10.0 Å². The maximum Gasteiger partial charge on any atom is 0.240 e. The fourth-order valence-electron chi connectivity index (χ4n) is 2.00. The highest BCUT2D eigenvalue weighted by Crippen LogP contribution is 2.13. The molecule has 0 atom stereocenters. The second-order valence-electron chi connectivity index (χ2n) is 5.06. The van der Waals surface area contributed by atoms with E-state index in [0.717, 1.165) is 17.7 Å². The quantitative estimate of drug-likeness (QED) is 0.798. The molecule has 4 nitrogen and oxygen atoms in total. The molecule has 0 saturated carbocycles. The molecule has 0 aliphatic rings. The summed E-state index contributed by atoms with van der Waals surface area (Å²) < 4.78 is 32.3. The van der Waals surface area contributed by atoms with Gasteiger partial charge >= 0.3 is 0 Å². The van der Waals surface area contributed by atoms with Gasteiger partial charge in [-0.2, -0.15) is 0 Å². The summed E-state index contributed by atoms with van der Waals surface area (Å²) in [6.07, 6.45) is 0.942. The van der Waals surface area contributed by atoms with Gasteiger partial charge in [-0.15, -0.1) is 0 Å². The van der Waals surface area contributed by atoms with Crippen LogP contribution in [0.3, 0.4) is 0 Å². The lowest BCUT2D eigenvalue weighted by Gasteiger charge is -2.09. The minimum Gasteiger partial charge on any atom is -0.492 e. The van der Waals surface area contributed by atoms with E-state index >= 15 is 0 Å². The van der Waals surface area contributed by atoms with Gasteiger partial charge in [0, 0.05) is 6.54 Å². The first-order valence-electron chi connectivity index (χ1n) is 7.29. The van der Waals surface area contributed by atoms with Gasteiger partial charge in [0.1, 0.15) is 12.4 Å². The molecule has 1 N–H and O–H groups in total. The third-order valence-electron chi connectivity index (χ3n) is 3.30. The standard InChI is InChI=1S/C17H21NO3S/c1-3-15-5-4-6-16(13-15)21-12-11-18-22(19,20)17-9-7-14(2)8-10-17/h4-10,13,18H,3,11-12H2,1-2H3. The molecule has 0 spiro atoms. The first kappa shape index (κ1) is 16.5. The van der Waals surface area contributed by atoms with Gasteiger partial charge in [0.2, 0.25) is 10.0 Å². The Morgan fingerprint density at radius 1 is 1.09 bits per heavy atom. The van der Waals surface area contributed by atoms with Crippen molar-refractivity contribution in [1.82, 2.24) is 4.72 Å². The van der Waals surface area contributed by atoms with Crippen molar-refractivity contribution in [3.63, 3.8) is 0 Å². The number of aryl methyl sites for hydroxylation is 2. The maximum absolute atomic E-state index is 12.1. The number of hydrogen-bond donors (Lipinski definition) is 1. The van der Waals surface area contributed by atoms with Crippen LogP contribution in [0.2, 0.25) is 0 Å². The van der Waals surface area contributed by atoms with Crippen LogP contribution in [-0.4, -0.2) is 21.6 Å². The number of ether oxygens (including phenoxy) is 1. The Kier molecular flexibility index (Phi) is 5.57. The molecule has 22 heavy (non-hydrogen) atoms. The highest BCUT2D eigenvalue weighted by molar-refractivity contribution is 7.89. The second-order valence-corrected chi connectivity index (χ2v) is 6.83. The summed E-state index contributed by atoms with van der Waals surface area (Å²) >= 11 is 0. The van der Waals surface area contributed by atoms with Crippen LogP contribution in [0.25, 0.3) is 0 Å². The number of benzene rings is 2. The molecule has 0 unspecified atom stereocenters. The predicted octanol–water partition coefficient (Wildman–Crippen LogP) is 2.91. The highest BCUT2D eigenvalue weighted by Gasteiger charge is 2.12. The molecule has 118 valence electrons. The Morgan fingerprint density at radius 2 is 1.82 bits per heavy atom. The third kappa shape index (κ3) is 4.58. The number of hydrogen-bond acceptors (Lipinski definition) is 3. The zero-order valence-corrected chi connectivity index (χ0v) is 13.7. The Balaban J connectivity index is 1.86. The topological polar surface area (TPSA) is 55.4 Å². The van der Waals surface area contributed by atoms with E-state index in [4.69, 9.17) is 4.74 Å². The SMILES string of the molecule is CCc1cccc(OCCNS(=O)(=O)c2ccc(C)cc2)c1. The smallest absolute Gasteiger partial charge is 0.240 e. The summed E-state index contributed by atoms with van der Waals surface area (Å²) in [5.41, 5.74) is 2.22. The summed E-state index contributed by atoms with van der Waals surface area (Å²) in [5, 5.41) is 0. The molecular weight excluding hydrogens is 298 g/mol. The average Bonchev–Trinajstić information content (AvgIpc) is 2.52. The van der Waals surface area contributed by atoms with Crippen molar-refractivity contribution in [2.24, 2.45) is 0 Å². The Labute approximate surface area is 132 Å². The molecule has 0 aromatic heterocycles. The van der Waals surface area contributed by atoms with Gasteiger partial charge in [0.15, 0.2) is 0 Å². The minimum absolute atomic E-state index is 0.229. The second kappa shape index (κ2) is 7.42. The first-order chi connectivity index (χ1) is 10.5. The van der Waals surface area contributed by atoms with Crippen molar-refractivity contribution in [3.05, 3.63) is 59.7 Å². The molecule has 0 heterocycles. The maximum atomic E-state index is 12.1. The minimum atomic E-state index is -3.47. The number of sulfonamides is 1. The molecule has 0 saturated heterocycles. The van der Waals surface area contributed by atoms with E-state index in [9.17, 15) is 8.42 Å². The van der Waals surface area contributed by atoms with E-state index in [1.165, 1.54) is 5.56 Å². The molecule has 0 radical (unpaired) electrons. The molecule has 5 heteroatoms. The largest absolute Gasteiger partial charge is 0.492 e. The van der Waals surface area contributed by atoms with Gasteiger partial charge in [0.05, 0.1) is 4.90 Å². The molecule has 0 fully saturated rings. The average molecular weight is 319 g/mol. The van der Waals surface area contributed by atoms with Crippen LogP contribution >= 0.6 is 0 Å². The van der Waals surface area contributed by atoms with Crippen LogP contribution in [0.4, 0.5) is 0 Å². The van der Waals surface area contributed by atoms with Gasteiger partial charge < -0.3 is 4.74 Å². The fourth-order valence-corrected chi connectivity index (χ4v) is 3.01. The number of rotatable bonds is 7. The molecule has 0 bridgehead atoms. The Bertz CT molecular complexity index is 709. The van der Waals surface area contributed by atoms with Gasteiger partial charge in [-0.25, -0.2) is 13.1 Å². The van der Waals surface area contributed by atoms with Crippen molar-refractivity contribution in [3.8, 4) is 5.75 Å². The van der Waals surface area contributed by atoms with E-state index in [2.05, 4.69) is 11.6 Å². The Hall–Kier alpha value is -1.85. The summed E-state index contributed by atoms with van der Waals surface area (Å²) in [4.78, 5) is 0.270. The molecule has 2 aromatic rings. The van der Waals surface area contributed by atoms with Crippen LogP contribution in [0.15, 0.2) is 53.4 Å². The fraction of sp³-hybridized carbons (Fsp3) is 0.294. The lowest BCUT2D eigenvalue weighted by atomic mass is 10.2. The van der Waals surface area contributed by atoms with Crippen LogP contribution < -0.4 is 9.46 Å². The van der Waals surface area contributed by atoms with Gasteiger partial charge in [-0.3, -0.25) is 0 Å². The van der Waals surface area contributed by atoms with E-state index in [0.29, 0.717) is 0 Å². The van der Waals surface area contributed by atoms with Crippen molar-refractivity contribution >= 4 is 10.0 Å². The van der Waals surface area contributed by atoms with Gasteiger partial charge in [-0.05, 0) is 43.2 Å². The highest BCUT2D eigenvalue weighted by atomic mass is 32.2. The molecule has 0 amide bonds. The lowest BCUT2D eigenvalue weighted by molar-refractivity contribution is 0.322. The van der Waals surface area contributed by atoms with Crippen LogP contribution in [0.1, 0.15) is 18.1 Å². The van der Waals surface area contributed by atoms with Crippen molar-refractivity contribution in [2.45, 2.75) is 25.2 Å². The molecule has 0 aliphatic heterocycles. The summed E-state index contributed by atoms with van der Waals surface area (Å²) in [5.74, 6) is 0.758. The van der Waals surface area contributed by atoms with Crippen LogP contribution in [0, 0.1) is 6.92 Å². The normalized spacial score (nSPS) is 11.4. The van der Waals surface area contributed by atoms with E-state index in [-0.39, 0.29) is 18.0 Å². The molecular formula is C17H21NO3S. The van der Waals surface area contributed by atoms with Gasteiger partial charge in [-0.1, -0.05) is 36.8 Å². The monoisotopic (exact) mass is 319 g/mol. The zero-order valence-electron chi connectivity index (χ0n) is 12.9. The summed E-state index contributed by atoms with van der Waals surface area (Å²) in [6, 6.07) is 14.6. The lowest BCUT2D eigenvalue weighted by Crippen LogP contribution is -2.28. The third-order valence-corrected chi connectivity index (χ3v) is 4.78.